The Morgan fingerprint density at radius 2 is 1.88 bits per heavy atom. The second-order valence-electron chi connectivity index (χ2n) is 5.59. The Bertz CT molecular complexity index is 826. The molecule has 0 heterocycles. The van der Waals surface area contributed by atoms with Crippen LogP contribution in [-0.2, 0) is 12.6 Å². The van der Waals surface area contributed by atoms with Crippen LogP contribution in [0.2, 0.25) is 5.02 Å². The van der Waals surface area contributed by atoms with Crippen molar-refractivity contribution in [1.29, 1.82) is 0 Å². The molecule has 0 saturated carbocycles. The molecular weight excluding hydrogens is 362 g/mol. The molecule has 25 heavy (non-hydrogen) atoms. The van der Waals surface area contributed by atoms with Gasteiger partial charge in [0.05, 0.1) is 16.3 Å². The molecule has 0 atom stereocenters. The second-order valence-corrected chi connectivity index (χ2v) is 6.00. The first-order valence-corrected chi connectivity index (χ1v) is 7.75. The van der Waals surface area contributed by atoms with Gasteiger partial charge < -0.3 is 9.94 Å². The van der Waals surface area contributed by atoms with Crippen molar-refractivity contribution in [3.05, 3.63) is 57.9 Å². The Hall–Kier alpha value is -2.28. The summed E-state index contributed by atoms with van der Waals surface area (Å²) < 4.78 is 57.4. The SMILES string of the molecule is ON=C1CCCc2cc(Oc3c(F)cc(C(F)(F)F)cc3Cl)ccc21. The van der Waals surface area contributed by atoms with Crippen molar-refractivity contribution < 1.29 is 27.5 Å². The molecule has 8 heteroatoms. The van der Waals surface area contributed by atoms with Gasteiger partial charge in [-0.2, -0.15) is 13.2 Å². The average molecular weight is 374 g/mol. The fraction of sp³-hybridized carbons (Fsp3) is 0.235. The quantitative estimate of drug-likeness (QED) is 0.410. The lowest BCUT2D eigenvalue weighted by Gasteiger charge is -2.18. The predicted octanol–water partition coefficient (Wildman–Crippen LogP) is 5.80. The van der Waals surface area contributed by atoms with Crippen molar-refractivity contribution >= 4 is 17.3 Å². The lowest BCUT2D eigenvalue weighted by Crippen LogP contribution is -2.12. The van der Waals surface area contributed by atoms with Crippen molar-refractivity contribution in [1.82, 2.24) is 0 Å². The summed E-state index contributed by atoms with van der Waals surface area (Å²) in [6, 6.07) is 5.77. The topological polar surface area (TPSA) is 41.8 Å². The number of ether oxygens (including phenoxy) is 1. The smallest absolute Gasteiger partial charge is 0.416 e. The summed E-state index contributed by atoms with van der Waals surface area (Å²) in [5, 5.41) is 11.8. The minimum absolute atomic E-state index is 0.235. The van der Waals surface area contributed by atoms with Gasteiger partial charge in [-0.05, 0) is 55.2 Å². The molecule has 0 radical (unpaired) electrons. The molecule has 132 valence electrons. The molecular formula is C17H12ClF4NO2. The van der Waals surface area contributed by atoms with Crippen LogP contribution in [0.25, 0.3) is 0 Å². The normalized spacial score (nSPS) is 16.0. The van der Waals surface area contributed by atoms with Crippen LogP contribution in [0.4, 0.5) is 17.6 Å². The van der Waals surface area contributed by atoms with E-state index < -0.39 is 28.3 Å². The number of oxime groups is 1. The van der Waals surface area contributed by atoms with Gasteiger partial charge in [0.1, 0.15) is 5.75 Å². The number of hydrogen-bond acceptors (Lipinski definition) is 3. The zero-order valence-corrected chi connectivity index (χ0v) is 13.5. The summed E-state index contributed by atoms with van der Waals surface area (Å²) in [5.41, 5.74) is 0.975. The van der Waals surface area contributed by atoms with Gasteiger partial charge in [-0.1, -0.05) is 16.8 Å². The number of fused-ring (bicyclic) bond motifs is 1. The number of benzene rings is 2. The number of alkyl halides is 3. The number of rotatable bonds is 2. The van der Waals surface area contributed by atoms with E-state index in [0.717, 1.165) is 24.0 Å². The second kappa shape index (κ2) is 6.55. The molecule has 0 unspecified atom stereocenters. The maximum absolute atomic E-state index is 14.0. The van der Waals surface area contributed by atoms with Crippen LogP contribution in [-0.4, -0.2) is 10.9 Å². The first-order chi connectivity index (χ1) is 11.8. The number of nitrogens with zero attached hydrogens (tertiary/aromatic N) is 1. The lowest BCUT2D eigenvalue weighted by atomic mass is 9.90. The van der Waals surface area contributed by atoms with Crippen LogP contribution >= 0.6 is 11.6 Å². The van der Waals surface area contributed by atoms with Gasteiger partial charge in [0.2, 0.25) is 0 Å². The van der Waals surface area contributed by atoms with Crippen LogP contribution in [0, 0.1) is 5.82 Å². The Labute approximate surface area is 145 Å². The number of hydrogen-bond donors (Lipinski definition) is 1. The molecule has 1 N–H and O–H groups in total. The van der Waals surface area contributed by atoms with E-state index in [2.05, 4.69) is 5.16 Å². The molecule has 1 aliphatic rings. The van der Waals surface area contributed by atoms with Gasteiger partial charge in [-0.15, -0.1) is 0 Å². The third-order valence-electron chi connectivity index (χ3n) is 3.91. The third kappa shape index (κ3) is 3.56. The standard InChI is InChI=1S/C17H12ClF4NO2/c18-13-7-10(17(20,21)22)8-14(19)16(13)25-11-4-5-12-9(6-11)2-1-3-15(12)23-24/h4-8,24H,1-3H2. The highest BCUT2D eigenvalue weighted by atomic mass is 35.5. The van der Waals surface area contributed by atoms with Gasteiger partial charge >= 0.3 is 6.18 Å². The number of aryl methyl sites for hydroxylation is 1. The highest BCUT2D eigenvalue weighted by molar-refractivity contribution is 6.32. The van der Waals surface area contributed by atoms with Gasteiger partial charge in [-0.3, -0.25) is 0 Å². The van der Waals surface area contributed by atoms with Gasteiger partial charge in [0.15, 0.2) is 11.6 Å². The molecule has 0 bridgehead atoms. The fourth-order valence-electron chi connectivity index (χ4n) is 2.75. The van der Waals surface area contributed by atoms with Crippen LogP contribution in [0.1, 0.15) is 29.5 Å². The molecule has 2 aromatic rings. The largest absolute Gasteiger partial charge is 0.453 e. The third-order valence-corrected chi connectivity index (χ3v) is 4.19. The van der Waals surface area contributed by atoms with Crippen molar-refractivity contribution in [2.24, 2.45) is 5.16 Å². The highest BCUT2D eigenvalue weighted by Gasteiger charge is 2.32. The molecule has 0 amide bonds. The van der Waals surface area contributed by atoms with Crippen LogP contribution in [0.3, 0.4) is 0 Å². The summed E-state index contributed by atoms with van der Waals surface area (Å²) in [4.78, 5) is 0. The van der Waals surface area contributed by atoms with Crippen LogP contribution < -0.4 is 4.74 Å². The summed E-state index contributed by atoms with van der Waals surface area (Å²) in [7, 11) is 0. The number of halogens is 5. The molecule has 0 fully saturated rings. The predicted molar refractivity (Wildman–Crippen MR) is 84.2 cm³/mol. The summed E-state index contributed by atoms with van der Waals surface area (Å²) in [6.07, 6.45) is -2.56. The molecule has 0 aromatic heterocycles. The summed E-state index contributed by atoms with van der Waals surface area (Å²) in [5.74, 6) is -1.44. The van der Waals surface area contributed by atoms with E-state index >= 15 is 0 Å². The van der Waals surface area contributed by atoms with E-state index in [4.69, 9.17) is 21.5 Å². The lowest BCUT2D eigenvalue weighted by molar-refractivity contribution is -0.137. The van der Waals surface area contributed by atoms with Crippen LogP contribution in [0.15, 0.2) is 35.5 Å². The molecule has 3 rings (SSSR count). The minimum Gasteiger partial charge on any atom is -0.453 e. The molecule has 1 aliphatic carbocycles. The van der Waals surface area contributed by atoms with Gasteiger partial charge in [-0.25, -0.2) is 4.39 Å². The zero-order chi connectivity index (χ0) is 18.2. The molecule has 0 spiro atoms. The first-order valence-electron chi connectivity index (χ1n) is 7.38. The molecule has 2 aromatic carbocycles. The minimum atomic E-state index is -4.70. The van der Waals surface area contributed by atoms with E-state index in [9.17, 15) is 17.6 Å². The Morgan fingerprint density at radius 1 is 1.12 bits per heavy atom. The van der Waals surface area contributed by atoms with E-state index in [1.54, 1.807) is 12.1 Å². The zero-order valence-electron chi connectivity index (χ0n) is 12.7. The van der Waals surface area contributed by atoms with E-state index in [1.807, 2.05) is 0 Å². The summed E-state index contributed by atoms with van der Waals surface area (Å²) in [6.45, 7) is 0. The van der Waals surface area contributed by atoms with Crippen molar-refractivity contribution in [2.45, 2.75) is 25.4 Å². The van der Waals surface area contributed by atoms with Crippen molar-refractivity contribution in [2.75, 3.05) is 0 Å². The molecule has 0 aliphatic heterocycles. The van der Waals surface area contributed by atoms with Gasteiger partial charge in [0.25, 0.3) is 0 Å². The molecule has 3 nitrogen and oxygen atoms in total. The average Bonchev–Trinajstić information content (AvgIpc) is 2.56. The fourth-order valence-corrected chi connectivity index (χ4v) is 2.99. The van der Waals surface area contributed by atoms with E-state index in [-0.39, 0.29) is 5.75 Å². The Balaban J connectivity index is 1.93. The monoisotopic (exact) mass is 373 g/mol. The van der Waals surface area contributed by atoms with Crippen LogP contribution in [0.5, 0.6) is 11.5 Å². The Morgan fingerprint density at radius 3 is 2.52 bits per heavy atom. The van der Waals surface area contributed by atoms with Gasteiger partial charge in [0, 0.05) is 5.56 Å². The van der Waals surface area contributed by atoms with Crippen molar-refractivity contribution in [3.8, 4) is 11.5 Å². The molecule has 0 saturated heterocycles. The maximum Gasteiger partial charge on any atom is 0.416 e. The maximum atomic E-state index is 14.0. The van der Waals surface area contributed by atoms with E-state index in [0.29, 0.717) is 24.3 Å². The van der Waals surface area contributed by atoms with E-state index in [1.165, 1.54) is 6.07 Å². The first kappa shape index (κ1) is 17.5. The Kier molecular flexibility index (Phi) is 4.60. The van der Waals surface area contributed by atoms with Crippen molar-refractivity contribution in [3.63, 3.8) is 0 Å². The highest BCUT2D eigenvalue weighted by Crippen LogP contribution is 2.39. The summed E-state index contributed by atoms with van der Waals surface area (Å²) >= 11 is 5.76.